The SMILES string of the molecule is CSCCCC(CN)N1CCCOC(C)C1. The summed E-state index contributed by atoms with van der Waals surface area (Å²) in [5.41, 5.74) is 5.89. The summed E-state index contributed by atoms with van der Waals surface area (Å²) in [6, 6.07) is 0.552. The van der Waals surface area contributed by atoms with E-state index in [4.69, 9.17) is 10.5 Å². The fourth-order valence-corrected chi connectivity index (χ4v) is 2.73. The van der Waals surface area contributed by atoms with Crippen LogP contribution in [0.3, 0.4) is 0 Å². The van der Waals surface area contributed by atoms with Crippen LogP contribution in [0.25, 0.3) is 0 Å². The summed E-state index contributed by atoms with van der Waals surface area (Å²) in [4.78, 5) is 2.53. The highest BCUT2D eigenvalue weighted by Gasteiger charge is 2.21. The van der Waals surface area contributed by atoms with Gasteiger partial charge in [-0.15, -0.1) is 0 Å². The second-order valence-corrected chi connectivity index (χ2v) is 5.54. The maximum atomic E-state index is 5.89. The van der Waals surface area contributed by atoms with Gasteiger partial charge < -0.3 is 10.5 Å². The van der Waals surface area contributed by atoms with Gasteiger partial charge in [-0.2, -0.15) is 11.8 Å². The third-order valence-electron chi connectivity index (χ3n) is 3.16. The van der Waals surface area contributed by atoms with Gasteiger partial charge in [0.25, 0.3) is 0 Å². The van der Waals surface area contributed by atoms with Gasteiger partial charge in [0.05, 0.1) is 6.10 Å². The van der Waals surface area contributed by atoms with Crippen LogP contribution in [0, 0.1) is 0 Å². The first-order valence-corrected chi connectivity index (χ1v) is 7.72. The van der Waals surface area contributed by atoms with E-state index in [9.17, 15) is 0 Å². The van der Waals surface area contributed by atoms with E-state index in [1.165, 1.54) is 18.6 Å². The Hall–Kier alpha value is 0.230. The lowest BCUT2D eigenvalue weighted by Crippen LogP contribution is -2.43. The number of hydrogen-bond acceptors (Lipinski definition) is 4. The average molecular weight is 246 g/mol. The van der Waals surface area contributed by atoms with E-state index in [0.717, 1.165) is 32.7 Å². The topological polar surface area (TPSA) is 38.5 Å². The normalized spacial score (nSPS) is 25.3. The molecule has 0 spiro atoms. The Labute approximate surface area is 104 Å². The molecule has 1 heterocycles. The molecule has 0 bridgehead atoms. The molecule has 1 rings (SSSR count). The smallest absolute Gasteiger partial charge is 0.0674 e. The summed E-state index contributed by atoms with van der Waals surface area (Å²) in [7, 11) is 0. The highest BCUT2D eigenvalue weighted by Crippen LogP contribution is 2.13. The van der Waals surface area contributed by atoms with E-state index in [1.54, 1.807) is 0 Å². The van der Waals surface area contributed by atoms with Crippen LogP contribution in [0.1, 0.15) is 26.2 Å². The van der Waals surface area contributed by atoms with Crippen LogP contribution in [0.5, 0.6) is 0 Å². The van der Waals surface area contributed by atoms with Gasteiger partial charge in [0.1, 0.15) is 0 Å². The molecule has 2 N–H and O–H groups in total. The monoisotopic (exact) mass is 246 g/mol. The highest BCUT2D eigenvalue weighted by atomic mass is 32.2. The number of nitrogens with zero attached hydrogens (tertiary/aromatic N) is 1. The fourth-order valence-electron chi connectivity index (χ4n) is 2.27. The minimum absolute atomic E-state index is 0.358. The summed E-state index contributed by atoms with van der Waals surface area (Å²) >= 11 is 1.92. The van der Waals surface area contributed by atoms with Gasteiger partial charge in [-0.05, 0) is 38.2 Å². The average Bonchev–Trinajstić information content (AvgIpc) is 2.49. The number of nitrogens with two attached hydrogens (primary N) is 1. The molecule has 96 valence electrons. The summed E-state index contributed by atoms with van der Waals surface area (Å²) < 4.78 is 5.67. The van der Waals surface area contributed by atoms with Crippen molar-refractivity contribution in [1.29, 1.82) is 0 Å². The minimum Gasteiger partial charge on any atom is -0.377 e. The summed E-state index contributed by atoms with van der Waals surface area (Å²) in [6.45, 7) is 6.03. The Morgan fingerprint density at radius 2 is 2.38 bits per heavy atom. The van der Waals surface area contributed by atoms with Crippen molar-refractivity contribution in [2.75, 3.05) is 38.2 Å². The van der Waals surface area contributed by atoms with Gasteiger partial charge in [-0.1, -0.05) is 0 Å². The largest absolute Gasteiger partial charge is 0.377 e. The predicted molar refractivity (Wildman–Crippen MR) is 72.1 cm³/mol. The maximum absolute atomic E-state index is 5.89. The molecule has 2 atom stereocenters. The third kappa shape index (κ3) is 5.04. The second-order valence-electron chi connectivity index (χ2n) is 4.55. The van der Waals surface area contributed by atoms with Crippen molar-refractivity contribution in [3.05, 3.63) is 0 Å². The maximum Gasteiger partial charge on any atom is 0.0674 e. The molecule has 0 aromatic rings. The molecule has 1 saturated heterocycles. The van der Waals surface area contributed by atoms with E-state index >= 15 is 0 Å². The van der Waals surface area contributed by atoms with Crippen LogP contribution in [0.2, 0.25) is 0 Å². The standard InChI is InChI=1S/C12H26N2OS/c1-11-10-14(6-4-7-15-11)12(9-13)5-3-8-16-2/h11-12H,3-10,13H2,1-2H3. The van der Waals surface area contributed by atoms with Crippen LogP contribution in [0.15, 0.2) is 0 Å². The van der Waals surface area contributed by atoms with Crippen molar-refractivity contribution in [2.45, 2.75) is 38.3 Å². The van der Waals surface area contributed by atoms with Crippen molar-refractivity contribution in [3.8, 4) is 0 Å². The molecule has 0 aromatic carbocycles. The van der Waals surface area contributed by atoms with E-state index in [-0.39, 0.29) is 0 Å². The number of hydrogen-bond donors (Lipinski definition) is 1. The number of rotatable bonds is 6. The Balaban J connectivity index is 2.36. The lowest BCUT2D eigenvalue weighted by atomic mass is 10.1. The highest BCUT2D eigenvalue weighted by molar-refractivity contribution is 7.98. The predicted octanol–water partition coefficient (Wildman–Crippen LogP) is 1.57. The van der Waals surface area contributed by atoms with Gasteiger partial charge in [0.2, 0.25) is 0 Å². The van der Waals surface area contributed by atoms with Crippen molar-refractivity contribution in [2.24, 2.45) is 5.73 Å². The molecule has 16 heavy (non-hydrogen) atoms. The number of thioether (sulfide) groups is 1. The molecule has 0 radical (unpaired) electrons. The van der Waals surface area contributed by atoms with Crippen molar-refractivity contribution in [1.82, 2.24) is 4.90 Å². The van der Waals surface area contributed by atoms with E-state index in [2.05, 4.69) is 18.1 Å². The van der Waals surface area contributed by atoms with Gasteiger partial charge in [-0.25, -0.2) is 0 Å². The van der Waals surface area contributed by atoms with Crippen LogP contribution in [-0.2, 0) is 4.74 Å². The first-order valence-electron chi connectivity index (χ1n) is 6.32. The van der Waals surface area contributed by atoms with Gasteiger partial charge in [0, 0.05) is 32.3 Å². The molecule has 4 heteroatoms. The Morgan fingerprint density at radius 1 is 1.56 bits per heavy atom. The summed E-state index contributed by atoms with van der Waals surface area (Å²) in [6.07, 6.45) is 6.17. The van der Waals surface area contributed by atoms with Gasteiger partial charge in [-0.3, -0.25) is 4.90 Å². The molecule has 0 saturated carbocycles. The first kappa shape index (κ1) is 14.3. The van der Waals surface area contributed by atoms with E-state index in [0.29, 0.717) is 12.1 Å². The number of ether oxygens (including phenoxy) is 1. The quantitative estimate of drug-likeness (QED) is 0.722. The lowest BCUT2D eigenvalue weighted by Gasteiger charge is -2.30. The zero-order valence-electron chi connectivity index (χ0n) is 10.7. The second kappa shape index (κ2) is 8.34. The zero-order chi connectivity index (χ0) is 11.8. The molecular weight excluding hydrogens is 220 g/mol. The minimum atomic E-state index is 0.358. The summed E-state index contributed by atoms with van der Waals surface area (Å²) in [5, 5.41) is 0. The lowest BCUT2D eigenvalue weighted by molar-refractivity contribution is 0.0604. The first-order chi connectivity index (χ1) is 7.77. The van der Waals surface area contributed by atoms with Crippen LogP contribution in [0.4, 0.5) is 0 Å². The zero-order valence-corrected chi connectivity index (χ0v) is 11.5. The van der Waals surface area contributed by atoms with Gasteiger partial charge >= 0.3 is 0 Å². The Kier molecular flexibility index (Phi) is 7.45. The molecule has 1 aliphatic heterocycles. The van der Waals surface area contributed by atoms with E-state index in [1.807, 2.05) is 11.8 Å². The van der Waals surface area contributed by atoms with Crippen LogP contribution in [-0.4, -0.2) is 55.3 Å². The van der Waals surface area contributed by atoms with Crippen molar-refractivity contribution in [3.63, 3.8) is 0 Å². The van der Waals surface area contributed by atoms with Crippen LogP contribution < -0.4 is 5.73 Å². The van der Waals surface area contributed by atoms with Crippen LogP contribution >= 0.6 is 11.8 Å². The molecule has 1 aliphatic rings. The molecule has 3 nitrogen and oxygen atoms in total. The third-order valence-corrected chi connectivity index (χ3v) is 3.85. The van der Waals surface area contributed by atoms with Gasteiger partial charge in [0.15, 0.2) is 0 Å². The molecule has 2 unspecified atom stereocenters. The Morgan fingerprint density at radius 3 is 3.06 bits per heavy atom. The van der Waals surface area contributed by atoms with Crippen molar-refractivity contribution < 1.29 is 4.74 Å². The molecule has 0 amide bonds. The molecule has 0 aliphatic carbocycles. The molecule has 1 fully saturated rings. The van der Waals surface area contributed by atoms with E-state index < -0.39 is 0 Å². The van der Waals surface area contributed by atoms with Crippen molar-refractivity contribution >= 4 is 11.8 Å². The Bertz CT molecular complexity index is 180. The molecular formula is C12H26N2OS. The summed E-state index contributed by atoms with van der Waals surface area (Å²) in [5.74, 6) is 1.25. The molecule has 0 aromatic heterocycles. The fraction of sp³-hybridized carbons (Fsp3) is 1.00.